The zero-order valence-electron chi connectivity index (χ0n) is 10.5. The lowest BCUT2D eigenvalue weighted by molar-refractivity contribution is 0.542. The van der Waals surface area contributed by atoms with Gasteiger partial charge in [-0.2, -0.15) is 0 Å². The van der Waals surface area contributed by atoms with Crippen molar-refractivity contribution in [3.05, 3.63) is 0 Å². The first kappa shape index (κ1) is 14.0. The molecule has 4 heteroatoms. The van der Waals surface area contributed by atoms with Crippen molar-refractivity contribution in [2.24, 2.45) is 5.92 Å². The highest BCUT2D eigenvalue weighted by Gasteiger charge is 2.26. The lowest BCUT2D eigenvalue weighted by Gasteiger charge is -2.16. The van der Waals surface area contributed by atoms with Crippen LogP contribution in [0.2, 0.25) is 0 Å². The molecule has 1 unspecified atom stereocenters. The molecular formula is C12H25NO2S. The highest BCUT2D eigenvalue weighted by Crippen LogP contribution is 2.26. The van der Waals surface area contributed by atoms with Crippen LogP contribution in [0.3, 0.4) is 0 Å². The lowest BCUT2D eigenvalue weighted by atomic mass is 10.1. The Morgan fingerprint density at radius 3 is 2.50 bits per heavy atom. The van der Waals surface area contributed by atoms with Gasteiger partial charge in [-0.1, -0.05) is 19.8 Å². The summed E-state index contributed by atoms with van der Waals surface area (Å²) in [6.45, 7) is 5.42. The first-order valence-corrected chi connectivity index (χ1v) is 8.20. The normalized spacial score (nSPS) is 20.1. The molecule has 1 aliphatic carbocycles. The summed E-state index contributed by atoms with van der Waals surface area (Å²) in [4.78, 5) is 0. The zero-order valence-corrected chi connectivity index (χ0v) is 11.4. The maximum atomic E-state index is 12.0. The Labute approximate surface area is 99.9 Å². The minimum absolute atomic E-state index is 0.236. The largest absolute Gasteiger partial charge is 0.315 e. The van der Waals surface area contributed by atoms with Gasteiger partial charge in [-0.25, -0.2) is 8.42 Å². The van der Waals surface area contributed by atoms with Gasteiger partial charge < -0.3 is 5.32 Å². The van der Waals surface area contributed by atoms with E-state index in [2.05, 4.69) is 12.2 Å². The molecule has 1 aliphatic rings. The quantitative estimate of drug-likeness (QED) is 0.700. The van der Waals surface area contributed by atoms with Crippen molar-refractivity contribution in [2.45, 2.75) is 51.2 Å². The van der Waals surface area contributed by atoms with E-state index in [1.165, 1.54) is 12.8 Å². The number of sulfone groups is 1. The summed E-state index contributed by atoms with van der Waals surface area (Å²) in [6, 6.07) is 0. The van der Waals surface area contributed by atoms with Crippen LogP contribution >= 0.6 is 0 Å². The Hall–Kier alpha value is -0.0900. The fourth-order valence-electron chi connectivity index (χ4n) is 2.28. The Bertz CT molecular complexity index is 281. The van der Waals surface area contributed by atoms with Crippen molar-refractivity contribution in [1.29, 1.82) is 0 Å². The summed E-state index contributed by atoms with van der Waals surface area (Å²) >= 11 is 0. The van der Waals surface area contributed by atoms with Crippen molar-refractivity contribution < 1.29 is 8.42 Å². The molecule has 0 aromatic heterocycles. The first-order chi connectivity index (χ1) is 7.56. The lowest BCUT2D eigenvalue weighted by Crippen LogP contribution is -2.34. The van der Waals surface area contributed by atoms with Gasteiger partial charge in [0, 0.05) is 6.54 Å². The van der Waals surface area contributed by atoms with E-state index in [9.17, 15) is 8.42 Å². The van der Waals surface area contributed by atoms with Crippen LogP contribution in [0.5, 0.6) is 0 Å². The summed E-state index contributed by atoms with van der Waals surface area (Å²) in [5, 5.41) is 2.95. The summed E-state index contributed by atoms with van der Waals surface area (Å²) in [5.41, 5.74) is 0. The molecule has 0 spiro atoms. The van der Waals surface area contributed by atoms with E-state index >= 15 is 0 Å². The highest BCUT2D eigenvalue weighted by molar-refractivity contribution is 7.92. The number of nitrogens with one attached hydrogen (secondary N) is 1. The van der Waals surface area contributed by atoms with E-state index in [4.69, 9.17) is 0 Å². The van der Waals surface area contributed by atoms with Gasteiger partial charge in [-0.3, -0.25) is 0 Å². The second-order valence-electron chi connectivity index (χ2n) is 4.99. The number of hydrogen-bond acceptors (Lipinski definition) is 3. The standard InChI is InChI=1S/C12H25NO2S/c1-3-8-13-9-11(2)16(14,15)10-12-6-4-5-7-12/h11-13H,3-10H2,1-2H3. The summed E-state index contributed by atoms with van der Waals surface area (Å²) < 4.78 is 24.1. The third-order valence-electron chi connectivity index (χ3n) is 3.41. The Morgan fingerprint density at radius 2 is 1.94 bits per heavy atom. The molecule has 0 aliphatic heterocycles. The van der Waals surface area contributed by atoms with Gasteiger partial charge in [0.2, 0.25) is 0 Å². The van der Waals surface area contributed by atoms with Crippen molar-refractivity contribution in [2.75, 3.05) is 18.8 Å². The average molecular weight is 247 g/mol. The van der Waals surface area contributed by atoms with E-state index in [1.807, 2.05) is 6.92 Å². The maximum Gasteiger partial charge on any atom is 0.154 e. The van der Waals surface area contributed by atoms with Crippen LogP contribution in [0.1, 0.15) is 46.0 Å². The molecule has 0 amide bonds. The van der Waals surface area contributed by atoms with E-state index in [-0.39, 0.29) is 5.25 Å². The van der Waals surface area contributed by atoms with Crippen LogP contribution in [-0.4, -0.2) is 32.5 Å². The molecule has 1 rings (SSSR count). The molecular weight excluding hydrogens is 222 g/mol. The second-order valence-corrected chi connectivity index (χ2v) is 7.46. The van der Waals surface area contributed by atoms with E-state index in [0.717, 1.165) is 25.8 Å². The van der Waals surface area contributed by atoms with Crippen molar-refractivity contribution in [3.63, 3.8) is 0 Å². The van der Waals surface area contributed by atoms with Crippen LogP contribution < -0.4 is 5.32 Å². The van der Waals surface area contributed by atoms with Gasteiger partial charge in [0.15, 0.2) is 9.84 Å². The van der Waals surface area contributed by atoms with Crippen LogP contribution in [0.25, 0.3) is 0 Å². The van der Waals surface area contributed by atoms with Crippen LogP contribution in [0.4, 0.5) is 0 Å². The topological polar surface area (TPSA) is 46.2 Å². The van der Waals surface area contributed by atoms with Crippen LogP contribution in [-0.2, 0) is 9.84 Å². The van der Waals surface area contributed by atoms with Crippen molar-refractivity contribution in [1.82, 2.24) is 5.32 Å². The predicted molar refractivity (Wildman–Crippen MR) is 68.4 cm³/mol. The summed E-state index contributed by atoms with van der Waals surface area (Å²) in [5.74, 6) is 0.834. The minimum atomic E-state index is -2.89. The van der Waals surface area contributed by atoms with Gasteiger partial charge >= 0.3 is 0 Å². The molecule has 1 N–H and O–H groups in total. The highest BCUT2D eigenvalue weighted by atomic mass is 32.2. The van der Waals surface area contributed by atoms with Crippen LogP contribution in [0, 0.1) is 5.92 Å². The first-order valence-electron chi connectivity index (χ1n) is 6.48. The molecule has 0 radical (unpaired) electrons. The maximum absolute atomic E-state index is 12.0. The fraction of sp³-hybridized carbons (Fsp3) is 1.00. The third-order valence-corrected chi connectivity index (χ3v) is 5.74. The minimum Gasteiger partial charge on any atom is -0.315 e. The molecule has 16 heavy (non-hydrogen) atoms. The molecule has 0 saturated heterocycles. The van der Waals surface area contributed by atoms with E-state index < -0.39 is 9.84 Å². The number of rotatable bonds is 7. The molecule has 0 aromatic rings. The van der Waals surface area contributed by atoms with E-state index in [0.29, 0.717) is 18.2 Å². The monoisotopic (exact) mass is 247 g/mol. The van der Waals surface area contributed by atoms with Gasteiger partial charge in [-0.05, 0) is 38.6 Å². The molecule has 3 nitrogen and oxygen atoms in total. The SMILES string of the molecule is CCCNCC(C)S(=O)(=O)CC1CCCC1. The van der Waals surface area contributed by atoms with Crippen LogP contribution in [0.15, 0.2) is 0 Å². The number of hydrogen-bond donors (Lipinski definition) is 1. The summed E-state index contributed by atoms with van der Waals surface area (Å²) in [6.07, 6.45) is 5.68. The zero-order chi connectivity index (χ0) is 12.0. The molecule has 0 aromatic carbocycles. The molecule has 0 bridgehead atoms. The van der Waals surface area contributed by atoms with Gasteiger partial charge in [0.1, 0.15) is 0 Å². The Balaban J connectivity index is 2.36. The molecule has 1 fully saturated rings. The second kappa shape index (κ2) is 6.60. The van der Waals surface area contributed by atoms with Gasteiger partial charge in [0.05, 0.1) is 11.0 Å². The van der Waals surface area contributed by atoms with Gasteiger partial charge in [-0.15, -0.1) is 0 Å². The van der Waals surface area contributed by atoms with Crippen molar-refractivity contribution in [3.8, 4) is 0 Å². The fourth-order valence-corrected chi connectivity index (χ4v) is 3.97. The smallest absolute Gasteiger partial charge is 0.154 e. The predicted octanol–water partition coefficient (Wildman–Crippen LogP) is 1.98. The molecule has 96 valence electrons. The third kappa shape index (κ3) is 4.42. The Kier molecular flexibility index (Phi) is 5.76. The molecule has 1 saturated carbocycles. The molecule has 0 heterocycles. The summed E-state index contributed by atoms with van der Waals surface area (Å²) in [7, 11) is -2.89. The molecule has 1 atom stereocenters. The van der Waals surface area contributed by atoms with E-state index in [1.54, 1.807) is 0 Å². The van der Waals surface area contributed by atoms with Gasteiger partial charge in [0.25, 0.3) is 0 Å². The average Bonchev–Trinajstić information content (AvgIpc) is 2.70. The van der Waals surface area contributed by atoms with Crippen molar-refractivity contribution >= 4 is 9.84 Å². The Morgan fingerprint density at radius 1 is 1.31 bits per heavy atom.